The van der Waals surface area contributed by atoms with Crippen LogP contribution in [-0.4, -0.2) is 6.54 Å². The van der Waals surface area contributed by atoms with E-state index in [4.69, 9.17) is 0 Å². The van der Waals surface area contributed by atoms with Gasteiger partial charge in [-0.25, -0.2) is 0 Å². The highest BCUT2D eigenvalue weighted by Gasteiger charge is 2.27. The lowest BCUT2D eigenvalue weighted by molar-refractivity contribution is 0.479. The molecule has 3 heteroatoms. The first kappa shape index (κ1) is 11.6. The van der Waals surface area contributed by atoms with Crippen LogP contribution >= 0.6 is 27.3 Å². The molecule has 1 heterocycles. The van der Waals surface area contributed by atoms with Crippen molar-refractivity contribution in [1.29, 1.82) is 0 Å². The van der Waals surface area contributed by atoms with Crippen LogP contribution in [0, 0.1) is 5.92 Å². The predicted octanol–water partition coefficient (Wildman–Crippen LogP) is 4.35. The van der Waals surface area contributed by atoms with Gasteiger partial charge >= 0.3 is 0 Å². The maximum Gasteiger partial charge on any atom is 0.0428 e. The molecule has 84 valence electrons. The van der Waals surface area contributed by atoms with Crippen molar-refractivity contribution >= 4 is 27.3 Å². The van der Waals surface area contributed by atoms with Gasteiger partial charge in [0.1, 0.15) is 0 Å². The van der Waals surface area contributed by atoms with E-state index in [0.29, 0.717) is 6.04 Å². The van der Waals surface area contributed by atoms with E-state index in [1.165, 1.54) is 35.0 Å². The van der Waals surface area contributed by atoms with Crippen LogP contribution in [0.3, 0.4) is 0 Å². The summed E-state index contributed by atoms with van der Waals surface area (Å²) in [6, 6.07) is 2.74. The van der Waals surface area contributed by atoms with Crippen molar-refractivity contribution in [3.63, 3.8) is 0 Å². The van der Waals surface area contributed by atoms with Gasteiger partial charge in [-0.15, -0.1) is 11.3 Å². The molecule has 1 aliphatic rings. The zero-order valence-corrected chi connectivity index (χ0v) is 11.5. The molecule has 1 aliphatic carbocycles. The Hall–Kier alpha value is 0.140. The molecular formula is C12H18BrNS. The third-order valence-corrected chi connectivity index (χ3v) is 4.85. The van der Waals surface area contributed by atoms with Crippen LogP contribution in [0.2, 0.25) is 0 Å². The molecule has 1 aromatic heterocycles. The quantitative estimate of drug-likeness (QED) is 0.820. The first-order valence-corrected chi connectivity index (χ1v) is 7.44. The lowest BCUT2D eigenvalue weighted by atomic mass is 10.1. The third kappa shape index (κ3) is 3.30. The highest BCUT2D eigenvalue weighted by molar-refractivity contribution is 9.10. The van der Waals surface area contributed by atoms with Crippen molar-refractivity contribution in [1.82, 2.24) is 5.32 Å². The zero-order chi connectivity index (χ0) is 10.7. The molecule has 0 radical (unpaired) electrons. The maximum absolute atomic E-state index is 3.66. The average Bonchev–Trinajstić information content (AvgIpc) is 2.95. The number of hydrogen-bond acceptors (Lipinski definition) is 2. The van der Waals surface area contributed by atoms with Gasteiger partial charge in [0.2, 0.25) is 0 Å². The molecule has 1 saturated carbocycles. The van der Waals surface area contributed by atoms with Gasteiger partial charge in [0.25, 0.3) is 0 Å². The van der Waals surface area contributed by atoms with Gasteiger partial charge in [-0.3, -0.25) is 0 Å². The number of halogens is 1. The van der Waals surface area contributed by atoms with Gasteiger partial charge in [-0.05, 0) is 52.7 Å². The summed E-state index contributed by atoms with van der Waals surface area (Å²) in [7, 11) is 0. The van der Waals surface area contributed by atoms with Gasteiger partial charge in [0.05, 0.1) is 0 Å². The second-order valence-corrected chi connectivity index (χ2v) is 6.12. The first-order chi connectivity index (χ1) is 7.31. The lowest BCUT2D eigenvalue weighted by Crippen LogP contribution is -2.22. The minimum atomic E-state index is 0.576. The minimum absolute atomic E-state index is 0.576. The summed E-state index contributed by atoms with van der Waals surface area (Å²) in [5, 5.41) is 5.84. The third-order valence-electron chi connectivity index (χ3n) is 2.87. The molecule has 1 unspecified atom stereocenters. The Bertz CT molecular complexity index is 306. The van der Waals surface area contributed by atoms with E-state index >= 15 is 0 Å². The summed E-state index contributed by atoms with van der Waals surface area (Å²) in [6.07, 6.45) is 5.41. The van der Waals surface area contributed by atoms with Crippen LogP contribution in [0.15, 0.2) is 15.9 Å². The monoisotopic (exact) mass is 287 g/mol. The SMILES string of the molecule is CCCNC(CC1CC1)c1sccc1Br. The van der Waals surface area contributed by atoms with Crippen molar-refractivity contribution in [2.45, 2.75) is 38.6 Å². The Morgan fingerprint density at radius 2 is 2.40 bits per heavy atom. The summed E-state index contributed by atoms with van der Waals surface area (Å²) in [6.45, 7) is 3.35. The Balaban J connectivity index is 1.99. The van der Waals surface area contributed by atoms with E-state index in [1.807, 2.05) is 11.3 Å². The molecule has 1 aromatic rings. The summed E-state index contributed by atoms with van der Waals surface area (Å²) in [5.74, 6) is 0.980. The van der Waals surface area contributed by atoms with E-state index in [0.717, 1.165) is 12.5 Å². The van der Waals surface area contributed by atoms with Gasteiger partial charge in [-0.1, -0.05) is 19.8 Å². The molecule has 0 bridgehead atoms. The van der Waals surface area contributed by atoms with E-state index < -0.39 is 0 Å². The highest BCUT2D eigenvalue weighted by Crippen LogP contribution is 2.40. The Morgan fingerprint density at radius 1 is 1.60 bits per heavy atom. The van der Waals surface area contributed by atoms with Crippen LogP contribution in [0.25, 0.3) is 0 Å². The van der Waals surface area contributed by atoms with Crippen molar-refractivity contribution in [3.05, 3.63) is 20.8 Å². The van der Waals surface area contributed by atoms with E-state index in [-0.39, 0.29) is 0 Å². The molecule has 1 atom stereocenters. The highest BCUT2D eigenvalue weighted by atomic mass is 79.9. The summed E-state index contributed by atoms with van der Waals surface area (Å²) < 4.78 is 1.28. The standard InChI is InChI=1S/C12H18BrNS/c1-2-6-14-11(8-9-3-4-9)12-10(13)5-7-15-12/h5,7,9,11,14H,2-4,6,8H2,1H3. The van der Waals surface area contributed by atoms with Crippen molar-refractivity contribution in [2.75, 3.05) is 6.54 Å². The summed E-state index contributed by atoms with van der Waals surface area (Å²) in [5.41, 5.74) is 0. The summed E-state index contributed by atoms with van der Waals surface area (Å²) in [4.78, 5) is 1.48. The van der Waals surface area contributed by atoms with Crippen molar-refractivity contribution < 1.29 is 0 Å². The first-order valence-electron chi connectivity index (χ1n) is 5.77. The molecule has 1 fully saturated rings. The van der Waals surface area contributed by atoms with Crippen molar-refractivity contribution in [3.8, 4) is 0 Å². The Labute approximate surface area is 104 Å². The number of thiophene rings is 1. The molecule has 0 aliphatic heterocycles. The molecule has 2 rings (SSSR count). The van der Waals surface area contributed by atoms with Gasteiger partial charge in [0.15, 0.2) is 0 Å². The predicted molar refractivity (Wildman–Crippen MR) is 70.4 cm³/mol. The molecule has 15 heavy (non-hydrogen) atoms. The number of hydrogen-bond donors (Lipinski definition) is 1. The Morgan fingerprint density at radius 3 is 2.93 bits per heavy atom. The normalized spacial score (nSPS) is 18.0. The fourth-order valence-corrected chi connectivity index (χ4v) is 3.58. The largest absolute Gasteiger partial charge is 0.309 e. The van der Waals surface area contributed by atoms with Gasteiger partial charge < -0.3 is 5.32 Å². The molecule has 0 saturated heterocycles. The van der Waals surface area contributed by atoms with Crippen LogP contribution in [-0.2, 0) is 0 Å². The van der Waals surface area contributed by atoms with E-state index in [1.54, 1.807) is 0 Å². The maximum atomic E-state index is 3.66. The average molecular weight is 288 g/mol. The van der Waals surface area contributed by atoms with Crippen LogP contribution in [0.1, 0.15) is 43.5 Å². The number of rotatable bonds is 6. The van der Waals surface area contributed by atoms with Crippen LogP contribution in [0.5, 0.6) is 0 Å². The summed E-state index contributed by atoms with van der Waals surface area (Å²) >= 11 is 5.51. The van der Waals surface area contributed by atoms with Gasteiger partial charge in [-0.2, -0.15) is 0 Å². The van der Waals surface area contributed by atoms with Gasteiger partial charge in [0, 0.05) is 15.4 Å². The molecule has 1 N–H and O–H groups in total. The molecule has 0 amide bonds. The fourth-order valence-electron chi connectivity index (χ4n) is 1.84. The topological polar surface area (TPSA) is 12.0 Å². The smallest absolute Gasteiger partial charge is 0.0428 e. The van der Waals surface area contributed by atoms with E-state index in [2.05, 4.69) is 39.6 Å². The number of nitrogens with one attached hydrogen (secondary N) is 1. The van der Waals surface area contributed by atoms with Crippen LogP contribution in [0.4, 0.5) is 0 Å². The molecule has 1 nitrogen and oxygen atoms in total. The molecule has 0 aromatic carbocycles. The van der Waals surface area contributed by atoms with Crippen LogP contribution < -0.4 is 5.32 Å². The second kappa shape index (κ2) is 5.46. The Kier molecular flexibility index (Phi) is 4.23. The molecular weight excluding hydrogens is 270 g/mol. The van der Waals surface area contributed by atoms with E-state index in [9.17, 15) is 0 Å². The zero-order valence-electron chi connectivity index (χ0n) is 9.13. The molecule has 0 spiro atoms. The minimum Gasteiger partial charge on any atom is -0.309 e. The lowest BCUT2D eigenvalue weighted by Gasteiger charge is -2.17. The fraction of sp³-hybridized carbons (Fsp3) is 0.667. The van der Waals surface area contributed by atoms with Crippen molar-refractivity contribution in [2.24, 2.45) is 5.92 Å². The second-order valence-electron chi connectivity index (χ2n) is 4.32.